The molecular formula is C17H23N2O+. The molecule has 4 fully saturated rings. The lowest BCUT2D eigenvalue weighted by molar-refractivity contribution is -0.682. The number of aromatic nitrogens is 1. The number of hydrogen-bond donors (Lipinski definition) is 1. The van der Waals surface area contributed by atoms with Gasteiger partial charge < -0.3 is 5.21 Å². The first kappa shape index (κ1) is 12.4. The maximum atomic E-state index is 9.62. The Morgan fingerprint density at radius 2 is 1.55 bits per heavy atom. The molecule has 0 radical (unpaired) electrons. The Bertz CT molecular complexity index is 488. The molecule has 0 spiro atoms. The Hall–Kier alpha value is -1.38. The molecule has 0 unspecified atom stereocenters. The van der Waals surface area contributed by atoms with E-state index in [1.54, 1.807) is 0 Å². The van der Waals surface area contributed by atoms with Crippen molar-refractivity contribution in [2.75, 3.05) is 0 Å². The van der Waals surface area contributed by atoms with Crippen molar-refractivity contribution >= 4 is 5.71 Å². The maximum Gasteiger partial charge on any atom is 0.190 e. The fourth-order valence-electron chi connectivity index (χ4n) is 5.48. The van der Waals surface area contributed by atoms with E-state index in [4.69, 9.17) is 0 Å². The van der Waals surface area contributed by atoms with Crippen LogP contribution in [-0.2, 0) is 6.54 Å². The molecule has 1 aromatic rings. The predicted molar refractivity (Wildman–Crippen MR) is 76.5 cm³/mol. The zero-order chi connectivity index (χ0) is 13.6. The SMILES string of the molecule is O/N=C(/C[n+]1ccccc1)C12CC3CC(CC(C3)C1)C2. The summed E-state index contributed by atoms with van der Waals surface area (Å²) in [5, 5.41) is 13.4. The van der Waals surface area contributed by atoms with E-state index >= 15 is 0 Å². The molecule has 4 aliphatic carbocycles. The van der Waals surface area contributed by atoms with E-state index in [0.29, 0.717) is 0 Å². The highest BCUT2D eigenvalue weighted by atomic mass is 16.4. The minimum absolute atomic E-state index is 0.201. The van der Waals surface area contributed by atoms with Gasteiger partial charge in [0.2, 0.25) is 0 Å². The third kappa shape index (κ3) is 1.95. The van der Waals surface area contributed by atoms with Crippen molar-refractivity contribution in [2.45, 2.75) is 45.1 Å². The summed E-state index contributed by atoms with van der Waals surface area (Å²) in [5.74, 6) is 2.66. The lowest BCUT2D eigenvalue weighted by Crippen LogP contribution is -2.53. The van der Waals surface area contributed by atoms with Crippen LogP contribution in [0.1, 0.15) is 38.5 Å². The molecule has 5 rings (SSSR count). The molecule has 0 atom stereocenters. The number of pyridine rings is 1. The van der Waals surface area contributed by atoms with Crippen LogP contribution in [0.4, 0.5) is 0 Å². The normalized spacial score (nSPS) is 39.2. The fraction of sp³-hybridized carbons (Fsp3) is 0.647. The Morgan fingerprint density at radius 3 is 2.05 bits per heavy atom. The molecule has 20 heavy (non-hydrogen) atoms. The van der Waals surface area contributed by atoms with Crippen molar-refractivity contribution < 1.29 is 9.77 Å². The molecule has 106 valence electrons. The van der Waals surface area contributed by atoms with Crippen molar-refractivity contribution in [3.05, 3.63) is 30.6 Å². The maximum absolute atomic E-state index is 9.62. The highest BCUT2D eigenvalue weighted by Gasteiger charge is 2.54. The fourth-order valence-corrected chi connectivity index (χ4v) is 5.48. The van der Waals surface area contributed by atoms with E-state index < -0.39 is 0 Å². The predicted octanol–water partition coefficient (Wildman–Crippen LogP) is 3.02. The summed E-state index contributed by atoms with van der Waals surface area (Å²) in [5.41, 5.74) is 1.22. The lowest BCUT2D eigenvalue weighted by atomic mass is 9.48. The van der Waals surface area contributed by atoms with E-state index in [1.165, 1.54) is 38.5 Å². The van der Waals surface area contributed by atoms with Gasteiger partial charge in [0.1, 0.15) is 5.71 Å². The summed E-state index contributed by atoms with van der Waals surface area (Å²) < 4.78 is 2.13. The summed E-state index contributed by atoms with van der Waals surface area (Å²) >= 11 is 0. The first-order valence-electron chi connectivity index (χ1n) is 7.93. The summed E-state index contributed by atoms with van der Waals surface area (Å²) in [7, 11) is 0. The molecule has 3 nitrogen and oxygen atoms in total. The van der Waals surface area contributed by atoms with E-state index in [9.17, 15) is 5.21 Å². The minimum atomic E-state index is 0.201. The second-order valence-electron chi connectivity index (χ2n) is 7.29. The standard InChI is InChI=1S/C17H22N2O/c20-18-16(12-19-4-2-1-3-5-19)17-9-13-6-14(10-17)8-15(7-13)11-17/h1-5,13-15H,6-12H2/p+1/b18-16-. The Kier molecular flexibility index (Phi) is 2.83. The third-order valence-electron chi connectivity index (χ3n) is 5.88. The Labute approximate surface area is 120 Å². The van der Waals surface area contributed by atoms with Gasteiger partial charge in [0.15, 0.2) is 18.9 Å². The smallest absolute Gasteiger partial charge is 0.190 e. The second-order valence-corrected chi connectivity index (χ2v) is 7.29. The number of nitrogens with zero attached hydrogens (tertiary/aromatic N) is 2. The number of oxime groups is 1. The van der Waals surface area contributed by atoms with E-state index in [2.05, 4.69) is 22.1 Å². The molecule has 1 N–H and O–H groups in total. The van der Waals surface area contributed by atoms with Gasteiger partial charge in [-0.25, -0.2) is 0 Å². The highest BCUT2D eigenvalue weighted by Crippen LogP contribution is 2.60. The average molecular weight is 271 g/mol. The van der Waals surface area contributed by atoms with Crippen LogP contribution >= 0.6 is 0 Å². The van der Waals surface area contributed by atoms with Crippen molar-refractivity contribution in [3.63, 3.8) is 0 Å². The van der Waals surface area contributed by atoms with Gasteiger partial charge in [0.25, 0.3) is 0 Å². The van der Waals surface area contributed by atoms with Crippen LogP contribution in [0.5, 0.6) is 0 Å². The minimum Gasteiger partial charge on any atom is -0.411 e. The molecule has 4 saturated carbocycles. The average Bonchev–Trinajstić information content (AvgIpc) is 2.44. The second kappa shape index (κ2) is 4.57. The van der Waals surface area contributed by atoms with Gasteiger partial charge in [-0.15, -0.1) is 0 Å². The van der Waals surface area contributed by atoms with E-state index in [-0.39, 0.29) is 5.41 Å². The van der Waals surface area contributed by atoms with Crippen LogP contribution < -0.4 is 4.57 Å². The molecule has 4 aliphatic rings. The van der Waals surface area contributed by atoms with Gasteiger partial charge in [0.05, 0.1) is 0 Å². The van der Waals surface area contributed by atoms with E-state index in [1.807, 2.05) is 18.2 Å². The molecule has 1 heterocycles. The molecule has 0 saturated heterocycles. The van der Waals surface area contributed by atoms with Gasteiger partial charge in [-0.1, -0.05) is 11.2 Å². The monoisotopic (exact) mass is 271 g/mol. The Morgan fingerprint density at radius 1 is 1.00 bits per heavy atom. The summed E-state index contributed by atoms with van der Waals surface area (Å²) in [6.45, 7) is 0.740. The quantitative estimate of drug-likeness (QED) is 0.390. The van der Waals surface area contributed by atoms with Crippen LogP contribution in [0.2, 0.25) is 0 Å². The largest absolute Gasteiger partial charge is 0.411 e. The van der Waals surface area contributed by atoms with Gasteiger partial charge in [-0.05, 0) is 56.3 Å². The van der Waals surface area contributed by atoms with Gasteiger partial charge >= 0.3 is 0 Å². The van der Waals surface area contributed by atoms with Crippen LogP contribution in [-0.4, -0.2) is 10.9 Å². The molecular weight excluding hydrogens is 248 g/mol. The molecule has 1 aromatic heterocycles. The van der Waals surface area contributed by atoms with Crippen molar-refractivity contribution in [1.82, 2.24) is 0 Å². The van der Waals surface area contributed by atoms with E-state index in [0.717, 1.165) is 30.0 Å². The van der Waals surface area contributed by atoms with Crippen LogP contribution in [0.3, 0.4) is 0 Å². The zero-order valence-corrected chi connectivity index (χ0v) is 11.9. The summed E-state index contributed by atoms with van der Waals surface area (Å²) in [6.07, 6.45) is 12.2. The Balaban J connectivity index is 1.62. The summed E-state index contributed by atoms with van der Waals surface area (Å²) in [4.78, 5) is 0. The summed E-state index contributed by atoms with van der Waals surface area (Å²) in [6, 6.07) is 6.10. The molecule has 0 amide bonds. The molecule has 3 heteroatoms. The van der Waals surface area contributed by atoms with Crippen LogP contribution in [0.15, 0.2) is 35.7 Å². The van der Waals surface area contributed by atoms with Gasteiger partial charge in [0, 0.05) is 17.5 Å². The lowest BCUT2D eigenvalue weighted by Gasteiger charge is -2.56. The van der Waals surface area contributed by atoms with Gasteiger partial charge in [-0.3, -0.25) is 0 Å². The van der Waals surface area contributed by atoms with Crippen LogP contribution in [0, 0.1) is 23.2 Å². The van der Waals surface area contributed by atoms with Crippen LogP contribution in [0.25, 0.3) is 0 Å². The third-order valence-corrected chi connectivity index (χ3v) is 5.88. The number of hydrogen-bond acceptors (Lipinski definition) is 2. The highest BCUT2D eigenvalue weighted by molar-refractivity contribution is 5.89. The van der Waals surface area contributed by atoms with Crippen molar-refractivity contribution in [3.8, 4) is 0 Å². The van der Waals surface area contributed by atoms with Crippen molar-refractivity contribution in [1.29, 1.82) is 0 Å². The molecule has 0 aromatic carbocycles. The zero-order valence-electron chi connectivity index (χ0n) is 11.9. The van der Waals surface area contributed by atoms with Crippen molar-refractivity contribution in [2.24, 2.45) is 28.3 Å². The molecule has 4 bridgehead atoms. The first-order chi connectivity index (χ1) is 9.77. The first-order valence-corrected chi connectivity index (χ1v) is 7.93. The number of rotatable bonds is 3. The topological polar surface area (TPSA) is 36.5 Å². The van der Waals surface area contributed by atoms with Gasteiger partial charge in [-0.2, -0.15) is 4.57 Å². The molecule has 0 aliphatic heterocycles.